The first-order chi connectivity index (χ1) is 11.2. The van der Waals surface area contributed by atoms with Crippen LogP contribution in [0, 0.1) is 17.1 Å². The Labute approximate surface area is 134 Å². The predicted molar refractivity (Wildman–Crippen MR) is 83.3 cm³/mol. The van der Waals surface area contributed by atoms with Gasteiger partial charge in [0.15, 0.2) is 0 Å². The van der Waals surface area contributed by atoms with Gasteiger partial charge in [-0.25, -0.2) is 4.39 Å². The van der Waals surface area contributed by atoms with E-state index >= 15 is 0 Å². The van der Waals surface area contributed by atoms with E-state index in [0.717, 1.165) is 5.56 Å². The smallest absolute Gasteiger partial charge is 0.131 e. The third kappa shape index (κ3) is 3.50. The van der Waals surface area contributed by atoms with Gasteiger partial charge >= 0.3 is 0 Å². The maximum Gasteiger partial charge on any atom is 0.131 e. The molecule has 0 amide bonds. The minimum atomic E-state index is -0.698. The molecule has 1 unspecified atom stereocenters. The fourth-order valence-corrected chi connectivity index (χ4v) is 2.70. The lowest BCUT2D eigenvalue weighted by molar-refractivity contribution is 0.104. The lowest BCUT2D eigenvalue weighted by atomic mass is 10.1. The van der Waals surface area contributed by atoms with E-state index < -0.39 is 6.10 Å². The van der Waals surface area contributed by atoms with Crippen LogP contribution in [0.1, 0.15) is 22.8 Å². The summed E-state index contributed by atoms with van der Waals surface area (Å²) in [6.07, 6.45) is -0.698. The van der Waals surface area contributed by atoms with Crippen LogP contribution in [0.5, 0.6) is 5.75 Å². The van der Waals surface area contributed by atoms with Crippen molar-refractivity contribution in [2.45, 2.75) is 12.6 Å². The van der Waals surface area contributed by atoms with E-state index in [1.54, 1.807) is 36.4 Å². The van der Waals surface area contributed by atoms with Crippen molar-refractivity contribution in [3.05, 3.63) is 65.0 Å². The molecule has 118 valence electrons. The molecule has 2 aromatic rings. The molecule has 0 aliphatic carbocycles. The number of aliphatic hydroxyl groups excluding tert-OH is 1. The molecule has 1 aliphatic rings. The third-order valence-electron chi connectivity index (χ3n) is 3.98. The van der Waals surface area contributed by atoms with Gasteiger partial charge in [0.1, 0.15) is 18.2 Å². The highest BCUT2D eigenvalue weighted by molar-refractivity contribution is 5.35. The minimum Gasteiger partial charge on any atom is -0.492 e. The fourth-order valence-electron chi connectivity index (χ4n) is 2.70. The maximum absolute atomic E-state index is 14.0. The number of nitrogens with zero attached hydrogens (tertiary/aromatic N) is 2. The summed E-state index contributed by atoms with van der Waals surface area (Å²) in [4.78, 5) is 1.97. The average Bonchev–Trinajstić information content (AvgIpc) is 2.78. The second-order valence-corrected chi connectivity index (χ2v) is 5.55. The summed E-state index contributed by atoms with van der Waals surface area (Å²) < 4.78 is 19.5. The number of nitriles is 1. The van der Waals surface area contributed by atoms with Gasteiger partial charge in [0.05, 0.1) is 17.7 Å². The number of aliphatic hydroxyl groups is 1. The van der Waals surface area contributed by atoms with Crippen LogP contribution in [0.25, 0.3) is 0 Å². The zero-order valence-corrected chi connectivity index (χ0v) is 12.6. The standard InChI is InChI=1S/C18H17FN2O2/c19-16-2-1-3-18-15(16)11-21(8-9-23-18)12-17(22)14-6-4-13(10-20)5-7-14/h1-7,17,22H,8-9,11-12H2. The number of rotatable bonds is 3. The molecule has 0 aromatic heterocycles. The molecule has 1 atom stereocenters. The van der Waals surface area contributed by atoms with Crippen LogP contribution < -0.4 is 4.74 Å². The Morgan fingerprint density at radius 2 is 2.04 bits per heavy atom. The van der Waals surface area contributed by atoms with E-state index in [1.807, 2.05) is 11.0 Å². The zero-order chi connectivity index (χ0) is 16.2. The van der Waals surface area contributed by atoms with Gasteiger partial charge in [-0.3, -0.25) is 4.90 Å². The van der Waals surface area contributed by atoms with E-state index in [2.05, 4.69) is 0 Å². The van der Waals surface area contributed by atoms with Gasteiger partial charge in [0.25, 0.3) is 0 Å². The highest BCUT2D eigenvalue weighted by Crippen LogP contribution is 2.26. The zero-order valence-electron chi connectivity index (χ0n) is 12.6. The molecule has 0 saturated heterocycles. The fraction of sp³-hybridized carbons (Fsp3) is 0.278. The lowest BCUT2D eigenvalue weighted by Gasteiger charge is -2.23. The summed E-state index contributed by atoms with van der Waals surface area (Å²) in [5.41, 5.74) is 1.82. The van der Waals surface area contributed by atoms with Crippen molar-refractivity contribution in [1.29, 1.82) is 5.26 Å². The molecular weight excluding hydrogens is 295 g/mol. The molecule has 0 fully saturated rings. The van der Waals surface area contributed by atoms with Crippen LogP contribution in [0.4, 0.5) is 4.39 Å². The predicted octanol–water partition coefficient (Wildman–Crippen LogP) is 2.63. The molecule has 1 N–H and O–H groups in total. The number of hydrogen-bond donors (Lipinski definition) is 1. The maximum atomic E-state index is 14.0. The van der Waals surface area contributed by atoms with Gasteiger partial charge in [0.2, 0.25) is 0 Å². The third-order valence-corrected chi connectivity index (χ3v) is 3.98. The Bertz CT molecular complexity index is 725. The summed E-state index contributed by atoms with van der Waals surface area (Å²) in [5, 5.41) is 19.2. The Hall–Kier alpha value is -2.42. The van der Waals surface area contributed by atoms with Gasteiger partial charge in [0, 0.05) is 25.2 Å². The summed E-state index contributed by atoms with van der Waals surface area (Å²) in [5.74, 6) is 0.280. The Morgan fingerprint density at radius 3 is 2.78 bits per heavy atom. The van der Waals surface area contributed by atoms with Crippen molar-refractivity contribution in [2.24, 2.45) is 0 Å². The first-order valence-electron chi connectivity index (χ1n) is 7.48. The monoisotopic (exact) mass is 312 g/mol. The van der Waals surface area contributed by atoms with Crippen LogP contribution in [0.3, 0.4) is 0 Å². The van der Waals surface area contributed by atoms with E-state index in [0.29, 0.717) is 43.1 Å². The van der Waals surface area contributed by atoms with E-state index in [9.17, 15) is 9.50 Å². The summed E-state index contributed by atoms with van der Waals surface area (Å²) in [6.45, 7) is 1.84. The molecule has 0 saturated carbocycles. The number of fused-ring (bicyclic) bond motifs is 1. The minimum absolute atomic E-state index is 0.290. The highest BCUT2D eigenvalue weighted by Gasteiger charge is 2.21. The molecule has 5 heteroatoms. The number of ether oxygens (including phenoxy) is 1. The molecule has 2 aromatic carbocycles. The van der Waals surface area contributed by atoms with Crippen molar-refractivity contribution >= 4 is 0 Å². The van der Waals surface area contributed by atoms with E-state index in [1.165, 1.54) is 6.07 Å². The first-order valence-corrected chi connectivity index (χ1v) is 7.48. The number of halogens is 1. The summed E-state index contributed by atoms with van der Waals surface area (Å²) in [6, 6.07) is 13.7. The average molecular weight is 312 g/mol. The van der Waals surface area contributed by atoms with Crippen LogP contribution >= 0.6 is 0 Å². The number of benzene rings is 2. The highest BCUT2D eigenvalue weighted by atomic mass is 19.1. The van der Waals surface area contributed by atoms with Gasteiger partial charge in [-0.05, 0) is 29.8 Å². The lowest BCUT2D eigenvalue weighted by Crippen LogP contribution is -2.30. The van der Waals surface area contributed by atoms with Crippen molar-refractivity contribution in [2.75, 3.05) is 19.7 Å². The van der Waals surface area contributed by atoms with Crippen LogP contribution in [-0.2, 0) is 6.54 Å². The quantitative estimate of drug-likeness (QED) is 0.946. The molecule has 1 aliphatic heterocycles. The largest absolute Gasteiger partial charge is 0.492 e. The number of β-amino-alcohol motifs (C(OH)–C–C–N with tert-alkyl or cyclic N) is 1. The molecule has 0 radical (unpaired) electrons. The van der Waals surface area contributed by atoms with Gasteiger partial charge in [-0.15, -0.1) is 0 Å². The number of hydrogen-bond acceptors (Lipinski definition) is 4. The van der Waals surface area contributed by atoms with Gasteiger partial charge < -0.3 is 9.84 Å². The Balaban J connectivity index is 1.72. The summed E-state index contributed by atoms with van der Waals surface area (Å²) in [7, 11) is 0. The van der Waals surface area contributed by atoms with Gasteiger partial charge in [-0.1, -0.05) is 18.2 Å². The SMILES string of the molecule is N#Cc1ccc(C(O)CN2CCOc3cccc(F)c3C2)cc1. The van der Waals surface area contributed by atoms with Crippen LogP contribution in [0.15, 0.2) is 42.5 Å². The van der Waals surface area contributed by atoms with Crippen molar-refractivity contribution in [3.8, 4) is 11.8 Å². The normalized spacial score (nSPS) is 15.9. The molecule has 0 bridgehead atoms. The van der Waals surface area contributed by atoms with Gasteiger partial charge in [-0.2, -0.15) is 5.26 Å². The van der Waals surface area contributed by atoms with Crippen LogP contribution in [0.2, 0.25) is 0 Å². The Kier molecular flexibility index (Phi) is 4.56. The molecule has 0 spiro atoms. The first kappa shape index (κ1) is 15.5. The van der Waals surface area contributed by atoms with E-state index in [-0.39, 0.29) is 5.82 Å². The van der Waals surface area contributed by atoms with Crippen molar-refractivity contribution in [3.63, 3.8) is 0 Å². The molecule has 1 heterocycles. The molecule has 3 rings (SSSR count). The van der Waals surface area contributed by atoms with Crippen LogP contribution in [-0.4, -0.2) is 29.7 Å². The van der Waals surface area contributed by atoms with E-state index in [4.69, 9.17) is 10.00 Å². The van der Waals surface area contributed by atoms with Crippen molar-refractivity contribution < 1.29 is 14.2 Å². The second-order valence-electron chi connectivity index (χ2n) is 5.55. The summed E-state index contributed by atoms with van der Waals surface area (Å²) >= 11 is 0. The second kappa shape index (κ2) is 6.78. The molecule has 23 heavy (non-hydrogen) atoms. The topological polar surface area (TPSA) is 56.5 Å². The van der Waals surface area contributed by atoms with Crippen molar-refractivity contribution in [1.82, 2.24) is 4.90 Å². The molecule has 4 nitrogen and oxygen atoms in total. The Morgan fingerprint density at radius 1 is 1.26 bits per heavy atom. The molecular formula is C18H17FN2O2.